The van der Waals surface area contributed by atoms with Crippen LogP contribution in [-0.2, 0) is 4.79 Å². The van der Waals surface area contributed by atoms with Crippen molar-refractivity contribution in [1.82, 2.24) is 9.38 Å². The Bertz CT molecular complexity index is 860. The quantitative estimate of drug-likeness (QED) is 0.572. The first-order chi connectivity index (χ1) is 13.4. The Morgan fingerprint density at radius 2 is 1.57 bits per heavy atom. The molecule has 2 N–H and O–H groups in total. The van der Waals surface area contributed by atoms with E-state index in [0.717, 1.165) is 17.3 Å². The van der Waals surface area contributed by atoms with E-state index in [2.05, 4.69) is 92.8 Å². The molecule has 0 saturated carbocycles. The van der Waals surface area contributed by atoms with E-state index in [1.807, 2.05) is 12.3 Å². The van der Waals surface area contributed by atoms with Crippen molar-refractivity contribution in [3.05, 3.63) is 66.6 Å². The molecule has 0 aliphatic rings. The highest BCUT2D eigenvalue weighted by atomic mass is 16.1. The number of pyridine rings is 1. The second-order valence-electron chi connectivity index (χ2n) is 7.35. The van der Waals surface area contributed by atoms with Crippen LogP contribution in [0.15, 0.2) is 55.4 Å². The van der Waals surface area contributed by atoms with Gasteiger partial charge in [-0.1, -0.05) is 65.5 Å². The molecule has 0 fully saturated rings. The van der Waals surface area contributed by atoms with Gasteiger partial charge in [0.25, 0.3) is 0 Å². The molecule has 4 heteroatoms. The van der Waals surface area contributed by atoms with Crippen LogP contribution < -0.4 is 5.73 Å². The highest BCUT2D eigenvalue weighted by Crippen LogP contribution is 2.24. The van der Waals surface area contributed by atoms with Gasteiger partial charge in [0.2, 0.25) is 6.41 Å². The third-order valence-electron chi connectivity index (χ3n) is 4.10. The highest BCUT2D eigenvalue weighted by molar-refractivity contribution is 5.65. The third-order valence-corrected chi connectivity index (χ3v) is 4.10. The van der Waals surface area contributed by atoms with Crippen LogP contribution in [0.25, 0.3) is 22.9 Å². The number of primary amides is 1. The zero-order chi connectivity index (χ0) is 21.1. The number of carbonyl (C=O) groups excluding carboxylic acids is 1. The van der Waals surface area contributed by atoms with Crippen molar-refractivity contribution >= 4 is 18.1 Å². The van der Waals surface area contributed by atoms with Crippen molar-refractivity contribution in [3.8, 4) is 11.1 Å². The first kappa shape index (κ1) is 23.2. The van der Waals surface area contributed by atoms with Crippen LogP contribution in [0, 0.1) is 5.92 Å². The number of rotatable bonds is 4. The monoisotopic (exact) mass is 379 g/mol. The van der Waals surface area contributed by atoms with Crippen LogP contribution in [0.1, 0.15) is 58.2 Å². The summed E-state index contributed by atoms with van der Waals surface area (Å²) in [6.07, 6.45) is 7.31. The minimum atomic E-state index is 0.250. The van der Waals surface area contributed by atoms with Gasteiger partial charge in [-0.3, -0.25) is 4.79 Å². The van der Waals surface area contributed by atoms with Gasteiger partial charge in [0.05, 0.1) is 5.69 Å². The molecule has 150 valence electrons. The van der Waals surface area contributed by atoms with E-state index in [-0.39, 0.29) is 6.41 Å². The molecule has 0 spiro atoms. The summed E-state index contributed by atoms with van der Waals surface area (Å²) >= 11 is 0. The average Bonchev–Trinajstić information content (AvgIpc) is 3.10. The van der Waals surface area contributed by atoms with Crippen molar-refractivity contribution in [2.24, 2.45) is 11.7 Å². The summed E-state index contributed by atoms with van der Waals surface area (Å²) in [4.78, 5) is 13.0. The number of benzene rings is 1. The number of aromatic nitrogens is 2. The smallest absolute Gasteiger partial charge is 0.204 e. The summed E-state index contributed by atoms with van der Waals surface area (Å²) in [6, 6.07) is 13.0. The standard InChI is InChI=1S/C19H20N2.C4H10.CH3NO/c1-4-14(3)15-6-8-16(9-7-15)17-10-11-19-20-18(5-2)13-21(19)12-17;1-4(2)3;2-1-3/h5-14H,2,4H2,1,3H3;4H,1-3H3;1H,(H2,2,3). The van der Waals surface area contributed by atoms with Gasteiger partial charge in [-0.15, -0.1) is 0 Å². The Hall–Kier alpha value is -2.88. The van der Waals surface area contributed by atoms with Gasteiger partial charge < -0.3 is 10.1 Å². The zero-order valence-electron chi connectivity index (χ0n) is 17.7. The molecule has 3 rings (SSSR count). The molecule has 0 aliphatic heterocycles. The fourth-order valence-corrected chi connectivity index (χ4v) is 2.52. The van der Waals surface area contributed by atoms with E-state index in [9.17, 15) is 0 Å². The van der Waals surface area contributed by atoms with Crippen LogP contribution >= 0.6 is 0 Å². The Morgan fingerprint density at radius 1 is 1.04 bits per heavy atom. The van der Waals surface area contributed by atoms with Crippen LogP contribution in [0.5, 0.6) is 0 Å². The molecule has 2 aromatic heterocycles. The van der Waals surface area contributed by atoms with Crippen molar-refractivity contribution in [3.63, 3.8) is 0 Å². The van der Waals surface area contributed by atoms with E-state index in [1.165, 1.54) is 23.1 Å². The number of carbonyl (C=O) groups is 1. The minimum Gasteiger partial charge on any atom is -0.372 e. The lowest BCUT2D eigenvalue weighted by Crippen LogP contribution is -1.91. The maximum atomic E-state index is 8.58. The number of hydrogen-bond donors (Lipinski definition) is 1. The summed E-state index contributed by atoms with van der Waals surface area (Å²) in [6.45, 7) is 14.8. The Labute approximate surface area is 169 Å². The normalized spacial score (nSPS) is 11.1. The predicted molar refractivity (Wildman–Crippen MR) is 120 cm³/mol. The fourth-order valence-electron chi connectivity index (χ4n) is 2.52. The topological polar surface area (TPSA) is 60.4 Å². The number of amides is 1. The molecule has 3 aromatic rings. The summed E-state index contributed by atoms with van der Waals surface area (Å²) in [5, 5.41) is 0. The minimum absolute atomic E-state index is 0.250. The largest absolute Gasteiger partial charge is 0.372 e. The molecular weight excluding hydrogens is 346 g/mol. The lowest BCUT2D eigenvalue weighted by atomic mass is 9.96. The van der Waals surface area contributed by atoms with Gasteiger partial charge in [0.1, 0.15) is 5.65 Å². The van der Waals surface area contributed by atoms with Crippen LogP contribution in [0.2, 0.25) is 0 Å². The number of nitrogens with zero attached hydrogens (tertiary/aromatic N) is 2. The van der Waals surface area contributed by atoms with Gasteiger partial charge in [-0.05, 0) is 53.2 Å². The van der Waals surface area contributed by atoms with E-state index in [0.29, 0.717) is 5.92 Å². The molecule has 0 bridgehead atoms. The maximum absolute atomic E-state index is 8.58. The summed E-state index contributed by atoms with van der Waals surface area (Å²) < 4.78 is 2.05. The van der Waals surface area contributed by atoms with Crippen molar-refractivity contribution in [2.45, 2.75) is 47.0 Å². The van der Waals surface area contributed by atoms with E-state index in [1.54, 1.807) is 6.08 Å². The third kappa shape index (κ3) is 7.03. The molecule has 0 saturated heterocycles. The Morgan fingerprint density at radius 3 is 2.07 bits per heavy atom. The lowest BCUT2D eigenvalue weighted by Gasteiger charge is -2.10. The molecule has 4 nitrogen and oxygen atoms in total. The van der Waals surface area contributed by atoms with Crippen molar-refractivity contribution in [1.29, 1.82) is 0 Å². The Balaban J connectivity index is 0.000000489. The van der Waals surface area contributed by atoms with E-state index in [4.69, 9.17) is 4.79 Å². The molecule has 0 radical (unpaired) electrons. The van der Waals surface area contributed by atoms with Crippen molar-refractivity contribution in [2.75, 3.05) is 0 Å². The average molecular weight is 380 g/mol. The number of nitrogens with two attached hydrogens (primary N) is 1. The number of hydrogen-bond acceptors (Lipinski definition) is 2. The highest BCUT2D eigenvalue weighted by Gasteiger charge is 2.05. The zero-order valence-corrected chi connectivity index (χ0v) is 17.7. The first-order valence-corrected chi connectivity index (χ1v) is 9.73. The second kappa shape index (κ2) is 11.8. The van der Waals surface area contributed by atoms with E-state index >= 15 is 0 Å². The molecule has 1 atom stereocenters. The van der Waals surface area contributed by atoms with Gasteiger partial charge >= 0.3 is 0 Å². The number of imidazole rings is 1. The van der Waals surface area contributed by atoms with Crippen LogP contribution in [0.3, 0.4) is 0 Å². The van der Waals surface area contributed by atoms with E-state index < -0.39 is 0 Å². The Kier molecular flexibility index (Phi) is 9.72. The van der Waals surface area contributed by atoms with Crippen LogP contribution in [0.4, 0.5) is 0 Å². The first-order valence-electron chi connectivity index (χ1n) is 9.73. The molecule has 1 amide bonds. The molecule has 0 aliphatic carbocycles. The van der Waals surface area contributed by atoms with Gasteiger partial charge in [-0.2, -0.15) is 0 Å². The van der Waals surface area contributed by atoms with Gasteiger partial charge in [-0.25, -0.2) is 4.98 Å². The molecular formula is C24H33N3O. The van der Waals surface area contributed by atoms with Gasteiger partial charge in [0, 0.05) is 12.4 Å². The molecule has 1 unspecified atom stereocenters. The van der Waals surface area contributed by atoms with Gasteiger partial charge in [0.15, 0.2) is 0 Å². The molecule has 1 aromatic carbocycles. The lowest BCUT2D eigenvalue weighted by molar-refractivity contribution is -0.106. The summed E-state index contributed by atoms with van der Waals surface area (Å²) in [7, 11) is 0. The molecule has 2 heterocycles. The predicted octanol–water partition coefficient (Wildman–Crippen LogP) is 5.92. The SMILES string of the molecule is C=Cc1cn2cc(-c3ccc(C(C)CC)cc3)ccc2n1.CC(C)C.NC=O. The van der Waals surface area contributed by atoms with Crippen LogP contribution in [-0.4, -0.2) is 15.8 Å². The molecule has 28 heavy (non-hydrogen) atoms. The summed E-state index contributed by atoms with van der Waals surface area (Å²) in [5.41, 5.74) is 9.85. The maximum Gasteiger partial charge on any atom is 0.204 e. The van der Waals surface area contributed by atoms with Crippen molar-refractivity contribution < 1.29 is 4.79 Å². The second-order valence-corrected chi connectivity index (χ2v) is 7.35. The fraction of sp³-hybridized carbons (Fsp3) is 0.333. The number of fused-ring (bicyclic) bond motifs is 1. The summed E-state index contributed by atoms with van der Waals surface area (Å²) in [5.74, 6) is 1.45.